The molecular weight excluding hydrogens is 397 g/mol. The van der Waals surface area contributed by atoms with Crippen LogP contribution in [0.15, 0.2) is 60.7 Å². The van der Waals surface area contributed by atoms with E-state index >= 15 is 0 Å². The Hall–Kier alpha value is -3.88. The average molecular weight is 412 g/mol. The maximum Gasteiger partial charge on any atom is 0.433 e. The number of fused-ring (bicyclic) bond motifs is 1. The molecule has 0 spiro atoms. The number of aryl methyl sites for hydroxylation is 1. The van der Waals surface area contributed by atoms with Crippen LogP contribution in [0.4, 0.5) is 18.9 Å². The van der Waals surface area contributed by atoms with Gasteiger partial charge in [-0.05, 0) is 30.7 Å². The summed E-state index contributed by atoms with van der Waals surface area (Å²) < 4.78 is 41.5. The Labute approximate surface area is 168 Å². The third-order valence-corrected chi connectivity index (χ3v) is 4.42. The smallest absolute Gasteiger partial charge is 0.433 e. The van der Waals surface area contributed by atoms with E-state index in [0.29, 0.717) is 10.1 Å². The lowest BCUT2D eigenvalue weighted by Gasteiger charge is -2.11. The first kappa shape index (κ1) is 19.4. The largest absolute Gasteiger partial charge is 0.506 e. The number of nitrogens with one attached hydrogen (secondary N) is 1. The average Bonchev–Trinajstić information content (AvgIpc) is 3.14. The fourth-order valence-electron chi connectivity index (χ4n) is 2.98. The lowest BCUT2D eigenvalue weighted by atomic mass is 10.1. The van der Waals surface area contributed by atoms with Crippen molar-refractivity contribution in [3.05, 3.63) is 77.6 Å². The van der Waals surface area contributed by atoms with E-state index in [1.807, 2.05) is 0 Å². The third kappa shape index (κ3) is 3.69. The van der Waals surface area contributed by atoms with Gasteiger partial charge in [0.15, 0.2) is 17.0 Å². The summed E-state index contributed by atoms with van der Waals surface area (Å²) in [6.45, 7) is 1.77. The lowest BCUT2D eigenvalue weighted by Crippen LogP contribution is -2.16. The van der Waals surface area contributed by atoms with Crippen molar-refractivity contribution in [3.63, 3.8) is 0 Å². The number of aromatic nitrogens is 3. The number of amides is 1. The first-order chi connectivity index (χ1) is 14.2. The molecule has 0 aliphatic heterocycles. The maximum absolute atomic E-state index is 13.6. The zero-order valence-corrected chi connectivity index (χ0v) is 15.6. The molecule has 0 unspecified atom stereocenters. The zero-order valence-electron chi connectivity index (χ0n) is 15.6. The lowest BCUT2D eigenvalue weighted by molar-refractivity contribution is -0.142. The van der Waals surface area contributed by atoms with Crippen LogP contribution in [0.1, 0.15) is 21.7 Å². The van der Waals surface area contributed by atoms with E-state index in [9.17, 15) is 23.1 Å². The SMILES string of the molecule is Cc1ccc(O)c(NC(=O)c2cc3nc(-c4ccccc4)cc(C(F)(F)F)n3n2)c1. The molecule has 6 nitrogen and oxygen atoms in total. The highest BCUT2D eigenvalue weighted by atomic mass is 19.4. The second-order valence-corrected chi connectivity index (χ2v) is 6.66. The summed E-state index contributed by atoms with van der Waals surface area (Å²) in [6.07, 6.45) is -4.71. The van der Waals surface area contributed by atoms with Gasteiger partial charge in [-0.1, -0.05) is 36.4 Å². The van der Waals surface area contributed by atoms with Crippen molar-refractivity contribution < 1.29 is 23.1 Å². The van der Waals surface area contributed by atoms with Crippen LogP contribution in [-0.4, -0.2) is 25.6 Å². The molecule has 9 heteroatoms. The summed E-state index contributed by atoms with van der Waals surface area (Å²) in [5.41, 5.74) is 0.0869. The zero-order chi connectivity index (χ0) is 21.5. The van der Waals surface area contributed by atoms with Crippen LogP contribution in [-0.2, 0) is 6.18 Å². The quantitative estimate of drug-likeness (QED) is 0.479. The van der Waals surface area contributed by atoms with Crippen molar-refractivity contribution in [1.82, 2.24) is 14.6 Å². The summed E-state index contributed by atoms with van der Waals surface area (Å²) in [4.78, 5) is 16.8. The van der Waals surface area contributed by atoms with E-state index in [-0.39, 0.29) is 28.5 Å². The molecule has 0 atom stereocenters. The number of anilines is 1. The summed E-state index contributed by atoms with van der Waals surface area (Å²) in [5.74, 6) is -0.936. The molecule has 2 N–H and O–H groups in total. The molecule has 2 heterocycles. The summed E-state index contributed by atoms with van der Waals surface area (Å²) >= 11 is 0. The number of carbonyl (C=O) groups is 1. The van der Waals surface area contributed by atoms with Crippen LogP contribution in [0.3, 0.4) is 0 Å². The molecule has 2 aromatic carbocycles. The summed E-state index contributed by atoms with van der Waals surface area (Å²) in [6, 6.07) is 15.1. The van der Waals surface area contributed by atoms with Gasteiger partial charge in [0.2, 0.25) is 0 Å². The Balaban J connectivity index is 1.79. The topological polar surface area (TPSA) is 79.5 Å². The van der Waals surface area contributed by atoms with Crippen molar-refractivity contribution >= 4 is 17.2 Å². The third-order valence-electron chi connectivity index (χ3n) is 4.42. The number of rotatable bonds is 3. The van der Waals surface area contributed by atoms with Gasteiger partial charge in [0, 0.05) is 11.6 Å². The maximum atomic E-state index is 13.6. The molecule has 0 radical (unpaired) electrons. The summed E-state index contributed by atoms with van der Waals surface area (Å²) in [5, 5.41) is 16.1. The molecule has 0 aliphatic carbocycles. The molecule has 152 valence electrons. The molecule has 4 aromatic rings. The molecule has 0 bridgehead atoms. The van der Waals surface area contributed by atoms with Crippen molar-refractivity contribution in [3.8, 4) is 17.0 Å². The number of hydrogen-bond acceptors (Lipinski definition) is 4. The predicted octanol–water partition coefficient (Wildman–Crippen LogP) is 4.68. The van der Waals surface area contributed by atoms with Gasteiger partial charge in [-0.2, -0.15) is 18.3 Å². The molecule has 0 saturated heterocycles. The molecule has 0 aliphatic rings. The second-order valence-electron chi connectivity index (χ2n) is 6.66. The summed E-state index contributed by atoms with van der Waals surface area (Å²) in [7, 11) is 0. The second kappa shape index (κ2) is 7.18. The van der Waals surface area contributed by atoms with Gasteiger partial charge >= 0.3 is 6.18 Å². The van der Waals surface area contributed by atoms with E-state index in [2.05, 4.69) is 15.4 Å². The van der Waals surface area contributed by atoms with E-state index in [4.69, 9.17) is 0 Å². The van der Waals surface area contributed by atoms with Crippen LogP contribution < -0.4 is 5.32 Å². The first-order valence-electron chi connectivity index (χ1n) is 8.87. The number of benzene rings is 2. The number of hydrogen-bond donors (Lipinski definition) is 2. The van der Waals surface area contributed by atoms with Crippen LogP contribution in [0, 0.1) is 6.92 Å². The van der Waals surface area contributed by atoms with Gasteiger partial charge in [0.1, 0.15) is 5.75 Å². The molecular formula is C21H15F3N4O2. The number of alkyl halides is 3. The molecule has 0 saturated carbocycles. The minimum Gasteiger partial charge on any atom is -0.506 e. The van der Waals surface area contributed by atoms with Gasteiger partial charge in [0.05, 0.1) is 11.4 Å². The first-order valence-corrected chi connectivity index (χ1v) is 8.87. The highest BCUT2D eigenvalue weighted by molar-refractivity contribution is 6.04. The Morgan fingerprint density at radius 2 is 1.80 bits per heavy atom. The Morgan fingerprint density at radius 3 is 2.50 bits per heavy atom. The van der Waals surface area contributed by atoms with Crippen molar-refractivity contribution in [2.75, 3.05) is 5.32 Å². The predicted molar refractivity (Wildman–Crippen MR) is 104 cm³/mol. The van der Waals surface area contributed by atoms with E-state index < -0.39 is 17.8 Å². The van der Waals surface area contributed by atoms with Crippen molar-refractivity contribution in [2.24, 2.45) is 0 Å². The highest BCUT2D eigenvalue weighted by Gasteiger charge is 2.35. The number of phenolic OH excluding ortho intramolecular Hbond substituents is 1. The van der Waals surface area contributed by atoms with Crippen LogP contribution in [0.25, 0.3) is 16.9 Å². The molecule has 4 rings (SSSR count). The van der Waals surface area contributed by atoms with Crippen LogP contribution in [0.2, 0.25) is 0 Å². The standard InChI is InChI=1S/C21H15F3N4O2/c1-12-7-8-17(29)15(9-12)26-20(30)16-11-19-25-14(13-5-3-2-4-6-13)10-18(21(22,23)24)28(19)27-16/h2-11,29H,1H3,(H,26,30). The van der Waals surface area contributed by atoms with Gasteiger partial charge in [-0.15, -0.1) is 0 Å². The highest BCUT2D eigenvalue weighted by Crippen LogP contribution is 2.32. The fourth-order valence-corrected chi connectivity index (χ4v) is 2.98. The van der Waals surface area contributed by atoms with Gasteiger partial charge < -0.3 is 10.4 Å². The minimum absolute atomic E-state index is 0.110. The van der Waals surface area contributed by atoms with Gasteiger partial charge in [-0.3, -0.25) is 4.79 Å². The van der Waals surface area contributed by atoms with Gasteiger partial charge in [0.25, 0.3) is 5.91 Å². The Bertz CT molecular complexity index is 1250. The molecule has 0 fully saturated rings. The number of halogens is 3. The van der Waals surface area contributed by atoms with Crippen molar-refractivity contribution in [2.45, 2.75) is 13.1 Å². The van der Waals surface area contributed by atoms with E-state index in [0.717, 1.165) is 11.6 Å². The number of carbonyl (C=O) groups excluding carboxylic acids is 1. The molecule has 1 amide bonds. The molecule has 2 aromatic heterocycles. The number of phenols is 1. The number of aromatic hydroxyl groups is 1. The monoisotopic (exact) mass is 412 g/mol. The van der Waals surface area contributed by atoms with E-state index in [1.54, 1.807) is 43.3 Å². The van der Waals surface area contributed by atoms with E-state index in [1.165, 1.54) is 18.2 Å². The minimum atomic E-state index is -4.71. The Kier molecular flexibility index (Phi) is 4.65. The normalized spacial score (nSPS) is 11.6. The molecule has 30 heavy (non-hydrogen) atoms. The number of nitrogens with zero attached hydrogens (tertiary/aromatic N) is 3. The Morgan fingerprint density at radius 1 is 1.07 bits per heavy atom. The van der Waals surface area contributed by atoms with Gasteiger partial charge in [-0.25, -0.2) is 9.50 Å². The van der Waals surface area contributed by atoms with Crippen molar-refractivity contribution in [1.29, 1.82) is 0 Å². The fraction of sp³-hybridized carbons (Fsp3) is 0.0952. The van der Waals surface area contributed by atoms with Crippen LogP contribution >= 0.6 is 0 Å². The van der Waals surface area contributed by atoms with Crippen LogP contribution in [0.5, 0.6) is 5.75 Å².